The highest BCUT2D eigenvalue weighted by molar-refractivity contribution is 14.1. The Morgan fingerprint density at radius 1 is 1.33 bits per heavy atom. The summed E-state index contributed by atoms with van der Waals surface area (Å²) < 4.78 is 7.72. The predicted molar refractivity (Wildman–Crippen MR) is 91.2 cm³/mol. The molecule has 2 N–H and O–H groups in total. The van der Waals surface area contributed by atoms with Gasteiger partial charge in [0.15, 0.2) is 0 Å². The molecule has 0 unspecified atom stereocenters. The van der Waals surface area contributed by atoms with Gasteiger partial charge in [0.05, 0.1) is 11.4 Å². The number of hydrogen-bond acceptors (Lipinski definition) is 4. The van der Waals surface area contributed by atoms with Crippen LogP contribution in [-0.4, -0.2) is 21.2 Å². The number of nitrogens with zero attached hydrogens (tertiary/aromatic N) is 2. The van der Waals surface area contributed by atoms with Gasteiger partial charge in [-0.2, -0.15) is 0 Å². The molecule has 0 saturated heterocycles. The molecule has 0 amide bonds. The van der Waals surface area contributed by atoms with E-state index in [1.54, 1.807) is 0 Å². The third kappa shape index (κ3) is 3.37. The van der Waals surface area contributed by atoms with Crippen molar-refractivity contribution in [2.45, 2.75) is 33.3 Å². The maximum absolute atomic E-state index is 12.3. The molecule has 2 aromatic rings. The molecule has 0 atom stereocenters. The van der Waals surface area contributed by atoms with Crippen LogP contribution in [0.1, 0.15) is 26.5 Å². The van der Waals surface area contributed by atoms with E-state index >= 15 is 0 Å². The Bertz CT molecular complexity index is 687. The summed E-state index contributed by atoms with van der Waals surface area (Å²) in [6.07, 6.45) is -0.512. The van der Waals surface area contributed by atoms with Crippen LogP contribution in [0.2, 0.25) is 0 Å². The molecule has 1 heterocycles. The van der Waals surface area contributed by atoms with E-state index in [4.69, 9.17) is 10.5 Å². The molecule has 112 valence electrons. The summed E-state index contributed by atoms with van der Waals surface area (Å²) in [5.74, 6) is 0.136. The summed E-state index contributed by atoms with van der Waals surface area (Å²) >= 11 is 2.23. The third-order valence-corrected chi connectivity index (χ3v) is 3.78. The third-order valence-electron chi connectivity index (χ3n) is 2.84. The second kappa shape index (κ2) is 5.67. The maximum atomic E-state index is 12.3. The lowest BCUT2D eigenvalue weighted by atomic mass is 10.1. The monoisotopic (exact) mass is 399 g/mol. The Kier molecular flexibility index (Phi) is 4.27. The van der Waals surface area contributed by atoms with E-state index in [0.717, 1.165) is 9.13 Å². The lowest BCUT2D eigenvalue weighted by Crippen LogP contribution is -2.28. The van der Waals surface area contributed by atoms with Gasteiger partial charge in [0.2, 0.25) is 5.95 Å². The van der Waals surface area contributed by atoms with E-state index in [-0.39, 0.29) is 5.95 Å². The largest absolute Gasteiger partial charge is 0.443 e. The van der Waals surface area contributed by atoms with Crippen molar-refractivity contribution in [1.29, 1.82) is 0 Å². The van der Waals surface area contributed by atoms with Crippen LogP contribution >= 0.6 is 22.6 Å². The van der Waals surface area contributed by atoms with Crippen LogP contribution in [0.5, 0.6) is 0 Å². The fourth-order valence-electron chi connectivity index (χ4n) is 1.97. The Hall–Kier alpha value is -1.57. The smallest absolute Gasteiger partial charge is 0.421 e. The van der Waals surface area contributed by atoms with Gasteiger partial charge in [-0.15, -0.1) is 0 Å². The molecule has 0 saturated carbocycles. The average molecular weight is 399 g/mol. The Balaban J connectivity index is 2.48. The van der Waals surface area contributed by atoms with Crippen LogP contribution in [0, 0.1) is 10.5 Å². The first-order valence-electron chi connectivity index (χ1n) is 6.54. The number of nitrogens with two attached hydrogens (primary N) is 1. The molecule has 21 heavy (non-hydrogen) atoms. The molecule has 0 fully saturated rings. The van der Waals surface area contributed by atoms with Crippen molar-refractivity contribution in [1.82, 2.24) is 9.55 Å². The highest BCUT2D eigenvalue weighted by atomic mass is 127. The molecule has 0 spiro atoms. The molecule has 1 aromatic heterocycles. The minimum absolute atomic E-state index is 0.136. The number of carbonyl (C=O) groups excluding carboxylic acids is 1. The summed E-state index contributed by atoms with van der Waals surface area (Å²) in [5.41, 5.74) is 7.63. The number of rotatable bonds is 1. The van der Waals surface area contributed by atoms with Gasteiger partial charge >= 0.3 is 6.09 Å². The highest BCUT2D eigenvalue weighted by Crippen LogP contribution is 2.29. The number of anilines is 1. The molecular weight excluding hydrogens is 381 g/mol. The van der Waals surface area contributed by atoms with E-state index in [2.05, 4.69) is 27.6 Å². The Morgan fingerprint density at radius 3 is 2.52 bits per heavy atom. The molecule has 1 aromatic carbocycles. The van der Waals surface area contributed by atoms with Crippen molar-refractivity contribution in [3.8, 4) is 11.3 Å². The standard InChI is InChI=1S/C15H18IN3O2/c1-9-12(10-7-5-6-8-11(10)16)18-13(17)19(9)14(20)21-15(2,3)4/h5-8H,1-4H3,(H2,17,18). The number of hydrogen-bond donors (Lipinski definition) is 1. The first-order chi connectivity index (χ1) is 9.70. The van der Waals surface area contributed by atoms with Gasteiger partial charge in [0.25, 0.3) is 0 Å². The molecule has 0 bridgehead atoms. The zero-order chi connectivity index (χ0) is 15.8. The fraction of sp³-hybridized carbons (Fsp3) is 0.333. The number of benzene rings is 1. The average Bonchev–Trinajstić information content (AvgIpc) is 2.63. The Morgan fingerprint density at radius 2 is 1.95 bits per heavy atom. The number of nitrogen functional groups attached to an aromatic ring is 1. The summed E-state index contributed by atoms with van der Waals surface area (Å²) in [4.78, 5) is 16.6. The van der Waals surface area contributed by atoms with E-state index in [9.17, 15) is 4.79 Å². The molecule has 0 aliphatic carbocycles. The maximum Gasteiger partial charge on any atom is 0.421 e. The normalized spacial score (nSPS) is 11.5. The number of aromatic nitrogens is 2. The van der Waals surface area contributed by atoms with Crippen molar-refractivity contribution in [2.75, 3.05) is 5.73 Å². The van der Waals surface area contributed by atoms with Gasteiger partial charge in [0, 0.05) is 9.13 Å². The lowest BCUT2D eigenvalue weighted by molar-refractivity contribution is 0.0538. The van der Waals surface area contributed by atoms with E-state index in [0.29, 0.717) is 11.4 Å². The van der Waals surface area contributed by atoms with Gasteiger partial charge in [-0.05, 0) is 56.4 Å². The van der Waals surface area contributed by atoms with Gasteiger partial charge in [-0.25, -0.2) is 14.3 Å². The van der Waals surface area contributed by atoms with Crippen LogP contribution in [0.3, 0.4) is 0 Å². The summed E-state index contributed by atoms with van der Waals surface area (Å²) in [5, 5.41) is 0. The fourth-order valence-corrected chi connectivity index (χ4v) is 2.61. The van der Waals surface area contributed by atoms with Crippen molar-refractivity contribution in [3.63, 3.8) is 0 Å². The van der Waals surface area contributed by atoms with Gasteiger partial charge in [0.1, 0.15) is 5.60 Å². The van der Waals surface area contributed by atoms with Crippen molar-refractivity contribution in [2.24, 2.45) is 0 Å². The van der Waals surface area contributed by atoms with Gasteiger partial charge in [-0.3, -0.25) is 0 Å². The zero-order valence-corrected chi connectivity index (χ0v) is 14.6. The first-order valence-corrected chi connectivity index (χ1v) is 7.61. The summed E-state index contributed by atoms with van der Waals surface area (Å²) in [6.45, 7) is 7.25. The van der Waals surface area contributed by atoms with Gasteiger partial charge < -0.3 is 10.5 Å². The van der Waals surface area contributed by atoms with E-state index in [1.165, 1.54) is 4.57 Å². The summed E-state index contributed by atoms with van der Waals surface area (Å²) in [6, 6.07) is 7.82. The van der Waals surface area contributed by atoms with Crippen molar-refractivity contribution in [3.05, 3.63) is 33.5 Å². The number of ether oxygens (including phenoxy) is 1. The number of imidazole rings is 1. The topological polar surface area (TPSA) is 70.1 Å². The highest BCUT2D eigenvalue weighted by Gasteiger charge is 2.24. The number of carbonyl (C=O) groups is 1. The first kappa shape index (κ1) is 15.8. The van der Waals surface area contributed by atoms with Crippen LogP contribution in [0.15, 0.2) is 24.3 Å². The molecule has 2 rings (SSSR count). The SMILES string of the molecule is Cc1c(-c2ccccc2I)nc(N)n1C(=O)OC(C)(C)C. The molecule has 0 aliphatic heterocycles. The minimum Gasteiger partial charge on any atom is -0.443 e. The molecule has 6 heteroatoms. The predicted octanol–water partition coefficient (Wildman–Crippen LogP) is 3.83. The van der Waals surface area contributed by atoms with E-state index < -0.39 is 11.7 Å². The quantitative estimate of drug-likeness (QED) is 0.741. The molecule has 0 aliphatic rings. The second-order valence-electron chi connectivity index (χ2n) is 5.70. The van der Waals surface area contributed by atoms with Crippen molar-refractivity contribution < 1.29 is 9.53 Å². The van der Waals surface area contributed by atoms with Crippen LogP contribution in [0.4, 0.5) is 10.7 Å². The Labute approximate surface area is 137 Å². The molecule has 0 radical (unpaired) electrons. The minimum atomic E-state index is -0.582. The van der Waals surface area contributed by atoms with Crippen LogP contribution in [-0.2, 0) is 4.74 Å². The lowest BCUT2D eigenvalue weighted by Gasteiger charge is -2.20. The zero-order valence-electron chi connectivity index (χ0n) is 12.5. The molecular formula is C15H18IN3O2. The van der Waals surface area contributed by atoms with Crippen LogP contribution in [0.25, 0.3) is 11.3 Å². The second-order valence-corrected chi connectivity index (χ2v) is 6.86. The molecule has 5 nitrogen and oxygen atoms in total. The van der Waals surface area contributed by atoms with Crippen LogP contribution < -0.4 is 5.73 Å². The summed E-state index contributed by atoms with van der Waals surface area (Å²) in [7, 11) is 0. The number of halogens is 1. The van der Waals surface area contributed by atoms with Crippen molar-refractivity contribution >= 4 is 34.6 Å². The van der Waals surface area contributed by atoms with E-state index in [1.807, 2.05) is 52.0 Å². The van der Waals surface area contributed by atoms with Gasteiger partial charge in [-0.1, -0.05) is 18.2 Å².